The minimum atomic E-state index is -2.90. The second-order valence-corrected chi connectivity index (χ2v) is 6.91. The average molecular weight is 294 g/mol. The highest BCUT2D eigenvalue weighted by atomic mass is 31.2. The number of carbonyl (C=O) groups excluding carboxylic acids is 2. The molecule has 0 radical (unpaired) electrons. The molecule has 1 atom stereocenters. The molecular formula is C12H23O6P. The third-order valence-electron chi connectivity index (χ3n) is 2.49. The van der Waals surface area contributed by atoms with E-state index in [0.29, 0.717) is 12.3 Å². The molecule has 0 aliphatic heterocycles. The molecule has 19 heavy (non-hydrogen) atoms. The molecule has 0 bridgehead atoms. The molecule has 6 nitrogen and oxygen atoms in total. The Hall–Kier alpha value is -0.870. The van der Waals surface area contributed by atoms with Crippen LogP contribution in [0.5, 0.6) is 0 Å². The van der Waals surface area contributed by atoms with Gasteiger partial charge in [-0.15, -0.1) is 0 Å². The molecule has 0 aromatic heterocycles. The lowest BCUT2D eigenvalue weighted by atomic mass is 10.2. The number of hydrogen-bond acceptors (Lipinski definition) is 6. The van der Waals surface area contributed by atoms with Crippen molar-refractivity contribution in [3.63, 3.8) is 0 Å². The first-order valence-electron chi connectivity index (χ1n) is 6.51. The maximum Gasteiger partial charge on any atom is 0.336 e. The largest absolute Gasteiger partial charge is 0.466 e. The summed E-state index contributed by atoms with van der Waals surface area (Å²) >= 11 is 0. The van der Waals surface area contributed by atoms with Gasteiger partial charge in [0.15, 0.2) is 6.10 Å². The fourth-order valence-corrected chi connectivity index (χ4v) is 2.74. The van der Waals surface area contributed by atoms with E-state index in [2.05, 4.69) is 0 Å². The van der Waals surface area contributed by atoms with E-state index in [9.17, 15) is 14.2 Å². The summed E-state index contributed by atoms with van der Waals surface area (Å²) in [5.74, 6) is -1.25. The molecule has 0 spiro atoms. The second kappa shape index (κ2) is 9.10. The van der Waals surface area contributed by atoms with Crippen LogP contribution in [0.25, 0.3) is 0 Å². The minimum absolute atomic E-state index is 0.171. The van der Waals surface area contributed by atoms with Gasteiger partial charge in [-0.2, -0.15) is 0 Å². The molecule has 0 rings (SSSR count). The van der Waals surface area contributed by atoms with Crippen molar-refractivity contribution >= 4 is 19.3 Å². The molecular weight excluding hydrogens is 271 g/mol. The van der Waals surface area contributed by atoms with Crippen molar-refractivity contribution in [1.82, 2.24) is 0 Å². The van der Waals surface area contributed by atoms with E-state index < -0.39 is 25.4 Å². The number of hydrogen-bond donors (Lipinski definition) is 0. The van der Waals surface area contributed by atoms with Gasteiger partial charge in [-0.25, -0.2) is 4.79 Å². The molecule has 7 heteroatoms. The first kappa shape index (κ1) is 18.1. The van der Waals surface area contributed by atoms with Gasteiger partial charge in [0.25, 0.3) is 0 Å². The van der Waals surface area contributed by atoms with Crippen LogP contribution in [0.3, 0.4) is 0 Å². The standard InChI is InChI=1S/C12H23O6P/c1-5-16-11(13)9-10(12(14)17-6-2)18-19(15,7-3)8-4/h10H,5-9H2,1-4H3. The summed E-state index contributed by atoms with van der Waals surface area (Å²) in [4.78, 5) is 23.1. The zero-order valence-electron chi connectivity index (χ0n) is 12.0. The van der Waals surface area contributed by atoms with Crippen LogP contribution in [-0.2, 0) is 28.2 Å². The van der Waals surface area contributed by atoms with Crippen LogP contribution in [0.1, 0.15) is 34.1 Å². The number of esters is 2. The van der Waals surface area contributed by atoms with Gasteiger partial charge in [-0.3, -0.25) is 9.36 Å². The molecule has 0 heterocycles. The van der Waals surface area contributed by atoms with E-state index in [-0.39, 0.29) is 19.6 Å². The molecule has 0 aliphatic carbocycles. The van der Waals surface area contributed by atoms with Gasteiger partial charge >= 0.3 is 11.9 Å². The van der Waals surface area contributed by atoms with Gasteiger partial charge in [0.2, 0.25) is 7.37 Å². The lowest BCUT2D eigenvalue weighted by Gasteiger charge is -2.21. The van der Waals surface area contributed by atoms with E-state index in [1.54, 1.807) is 27.7 Å². The predicted molar refractivity (Wildman–Crippen MR) is 71.4 cm³/mol. The summed E-state index contributed by atoms with van der Waals surface area (Å²) in [6.07, 6.45) is -0.828. The Labute approximate surface area is 114 Å². The summed E-state index contributed by atoms with van der Waals surface area (Å²) in [7, 11) is -2.90. The fraction of sp³-hybridized carbons (Fsp3) is 0.833. The van der Waals surface area contributed by atoms with Gasteiger partial charge in [-0.1, -0.05) is 13.8 Å². The summed E-state index contributed by atoms with van der Waals surface area (Å²) < 4.78 is 27.2. The molecule has 0 fully saturated rings. The van der Waals surface area contributed by atoms with E-state index in [0.717, 1.165) is 0 Å². The molecule has 1 unspecified atom stereocenters. The van der Waals surface area contributed by atoms with Crippen molar-refractivity contribution in [1.29, 1.82) is 0 Å². The van der Waals surface area contributed by atoms with Crippen molar-refractivity contribution in [3.8, 4) is 0 Å². The highest BCUT2D eigenvalue weighted by Gasteiger charge is 2.32. The number of carbonyl (C=O) groups is 2. The van der Waals surface area contributed by atoms with Crippen molar-refractivity contribution in [2.75, 3.05) is 25.5 Å². The second-order valence-electron chi connectivity index (χ2n) is 3.80. The molecule has 0 amide bonds. The van der Waals surface area contributed by atoms with E-state index in [1.807, 2.05) is 0 Å². The fourth-order valence-electron chi connectivity index (χ4n) is 1.37. The first-order chi connectivity index (χ1) is 8.92. The van der Waals surface area contributed by atoms with Crippen LogP contribution in [0.15, 0.2) is 0 Å². The van der Waals surface area contributed by atoms with Crippen molar-refractivity contribution in [3.05, 3.63) is 0 Å². The SMILES string of the molecule is CCOC(=O)CC(OP(=O)(CC)CC)C(=O)OCC. The van der Waals surface area contributed by atoms with Crippen molar-refractivity contribution < 1.29 is 28.2 Å². The molecule has 0 saturated carbocycles. The predicted octanol–water partition coefficient (Wildman–Crippen LogP) is 2.21. The Morgan fingerprint density at radius 2 is 1.53 bits per heavy atom. The maximum atomic E-state index is 12.2. The molecule has 112 valence electrons. The van der Waals surface area contributed by atoms with Crippen LogP contribution in [-0.4, -0.2) is 43.6 Å². The van der Waals surface area contributed by atoms with Gasteiger partial charge in [0.05, 0.1) is 19.6 Å². The quantitative estimate of drug-likeness (QED) is 0.479. The molecule has 0 saturated heterocycles. The highest BCUT2D eigenvalue weighted by Crippen LogP contribution is 2.47. The Balaban J connectivity index is 4.81. The van der Waals surface area contributed by atoms with Gasteiger partial charge in [0, 0.05) is 12.3 Å². The highest BCUT2D eigenvalue weighted by molar-refractivity contribution is 7.58. The van der Waals surface area contributed by atoms with Crippen molar-refractivity contribution in [2.45, 2.75) is 40.2 Å². The van der Waals surface area contributed by atoms with Crippen LogP contribution in [0.2, 0.25) is 0 Å². The van der Waals surface area contributed by atoms with E-state index in [4.69, 9.17) is 14.0 Å². The van der Waals surface area contributed by atoms with Crippen LogP contribution < -0.4 is 0 Å². The van der Waals surface area contributed by atoms with Crippen LogP contribution >= 0.6 is 7.37 Å². The lowest BCUT2D eigenvalue weighted by Crippen LogP contribution is -2.29. The number of ether oxygens (including phenoxy) is 2. The van der Waals surface area contributed by atoms with Gasteiger partial charge in [-0.05, 0) is 13.8 Å². The van der Waals surface area contributed by atoms with Crippen LogP contribution in [0, 0.1) is 0 Å². The van der Waals surface area contributed by atoms with E-state index >= 15 is 0 Å². The summed E-state index contributed by atoms with van der Waals surface area (Å²) in [6, 6.07) is 0. The van der Waals surface area contributed by atoms with Crippen molar-refractivity contribution in [2.24, 2.45) is 0 Å². The van der Waals surface area contributed by atoms with Gasteiger partial charge in [0.1, 0.15) is 0 Å². The summed E-state index contributed by atoms with van der Waals surface area (Å²) in [6.45, 7) is 7.14. The average Bonchev–Trinajstić information content (AvgIpc) is 2.38. The molecule has 0 aromatic carbocycles. The Morgan fingerprint density at radius 1 is 1.00 bits per heavy atom. The third kappa shape index (κ3) is 6.73. The maximum absolute atomic E-state index is 12.2. The van der Waals surface area contributed by atoms with E-state index in [1.165, 1.54) is 0 Å². The monoisotopic (exact) mass is 294 g/mol. The Bertz CT molecular complexity index is 333. The molecule has 0 aliphatic rings. The minimum Gasteiger partial charge on any atom is -0.466 e. The smallest absolute Gasteiger partial charge is 0.336 e. The first-order valence-corrected chi connectivity index (χ1v) is 8.50. The van der Waals surface area contributed by atoms with Gasteiger partial charge < -0.3 is 14.0 Å². The number of rotatable bonds is 9. The summed E-state index contributed by atoms with van der Waals surface area (Å²) in [5.41, 5.74) is 0. The molecule has 0 aromatic rings. The topological polar surface area (TPSA) is 78.9 Å². The Kier molecular flexibility index (Phi) is 8.68. The van der Waals surface area contributed by atoms with Crippen LogP contribution in [0.4, 0.5) is 0 Å². The Morgan fingerprint density at radius 3 is 1.95 bits per heavy atom. The summed E-state index contributed by atoms with van der Waals surface area (Å²) in [5, 5.41) is 0. The lowest BCUT2D eigenvalue weighted by molar-refractivity contribution is -0.158. The molecule has 0 N–H and O–H groups in total. The zero-order valence-corrected chi connectivity index (χ0v) is 12.9. The third-order valence-corrected chi connectivity index (χ3v) is 5.06. The zero-order chi connectivity index (χ0) is 14.9. The normalized spacial score (nSPS) is 12.8.